The molecular formula is C17H17FN2O5S. The molecule has 1 heterocycles. The maximum Gasteiger partial charge on any atom is 0.341 e. The number of carbonyl (C=O) groups is 3. The number of thiophene rings is 1. The van der Waals surface area contributed by atoms with Crippen LogP contribution in [0, 0.1) is 12.7 Å². The molecule has 0 spiro atoms. The Morgan fingerprint density at radius 1 is 1.19 bits per heavy atom. The molecule has 1 aromatic heterocycles. The summed E-state index contributed by atoms with van der Waals surface area (Å²) in [4.78, 5) is 35.7. The number of hydrogen-bond acceptors (Lipinski definition) is 6. The summed E-state index contributed by atoms with van der Waals surface area (Å²) < 4.78 is 23.4. The molecule has 0 bridgehead atoms. The Balaban J connectivity index is 2.18. The number of hydrogen-bond donors (Lipinski definition) is 2. The van der Waals surface area contributed by atoms with Gasteiger partial charge in [-0.3, -0.25) is 5.32 Å². The second kappa shape index (κ2) is 8.43. The quantitative estimate of drug-likeness (QED) is 0.770. The number of anilines is 2. The van der Waals surface area contributed by atoms with Crippen LogP contribution in [-0.4, -0.2) is 31.7 Å². The molecule has 138 valence electrons. The van der Waals surface area contributed by atoms with E-state index in [1.165, 1.54) is 13.2 Å². The molecule has 2 rings (SSSR count). The molecule has 26 heavy (non-hydrogen) atoms. The fourth-order valence-electron chi connectivity index (χ4n) is 2.12. The smallest absolute Gasteiger partial charge is 0.341 e. The van der Waals surface area contributed by atoms with Crippen LogP contribution in [0.3, 0.4) is 0 Å². The van der Waals surface area contributed by atoms with Gasteiger partial charge in [-0.15, -0.1) is 11.3 Å². The molecule has 0 saturated heterocycles. The van der Waals surface area contributed by atoms with Gasteiger partial charge in [0.1, 0.15) is 10.8 Å². The zero-order valence-corrected chi connectivity index (χ0v) is 15.2. The van der Waals surface area contributed by atoms with Crippen LogP contribution in [0.5, 0.6) is 0 Å². The first-order valence-electron chi connectivity index (χ1n) is 7.58. The number of ether oxygens (including phenoxy) is 2. The molecule has 0 radical (unpaired) electrons. The minimum absolute atomic E-state index is 0.0865. The molecule has 0 aliphatic carbocycles. The molecule has 0 aliphatic rings. The van der Waals surface area contributed by atoms with Crippen molar-refractivity contribution in [1.29, 1.82) is 0 Å². The Kier molecular flexibility index (Phi) is 6.29. The van der Waals surface area contributed by atoms with E-state index in [2.05, 4.69) is 15.4 Å². The predicted molar refractivity (Wildman–Crippen MR) is 95.4 cm³/mol. The summed E-state index contributed by atoms with van der Waals surface area (Å²) in [7, 11) is 1.20. The average Bonchev–Trinajstić information content (AvgIpc) is 2.96. The Morgan fingerprint density at radius 2 is 1.92 bits per heavy atom. The third kappa shape index (κ3) is 4.37. The number of amides is 2. The Hall–Kier alpha value is -2.94. The monoisotopic (exact) mass is 380 g/mol. The minimum atomic E-state index is -0.765. The topological polar surface area (TPSA) is 93.7 Å². The van der Waals surface area contributed by atoms with Crippen LogP contribution in [-0.2, 0) is 9.47 Å². The molecule has 0 atom stereocenters. The van der Waals surface area contributed by atoms with Gasteiger partial charge in [0.25, 0.3) is 0 Å². The number of halogens is 1. The van der Waals surface area contributed by atoms with Gasteiger partial charge in [0.15, 0.2) is 0 Å². The van der Waals surface area contributed by atoms with Gasteiger partial charge in [0.05, 0.1) is 30.5 Å². The number of methoxy groups -OCH3 is 1. The second-order valence-corrected chi connectivity index (χ2v) is 5.99. The van der Waals surface area contributed by atoms with Crippen molar-refractivity contribution < 1.29 is 28.2 Å². The molecule has 2 amide bonds. The summed E-state index contributed by atoms with van der Waals surface area (Å²) in [5.41, 5.74) is 0.790. The van der Waals surface area contributed by atoms with E-state index in [0.29, 0.717) is 5.56 Å². The van der Waals surface area contributed by atoms with Gasteiger partial charge in [-0.25, -0.2) is 18.8 Å². The zero-order chi connectivity index (χ0) is 19.3. The van der Waals surface area contributed by atoms with Crippen molar-refractivity contribution in [3.05, 3.63) is 46.1 Å². The van der Waals surface area contributed by atoms with E-state index >= 15 is 0 Å². The molecule has 0 saturated carbocycles. The molecular weight excluding hydrogens is 363 g/mol. The molecule has 0 aliphatic heterocycles. The van der Waals surface area contributed by atoms with E-state index in [1.54, 1.807) is 19.2 Å². The number of rotatable bonds is 5. The first kappa shape index (κ1) is 19.4. The van der Waals surface area contributed by atoms with Crippen molar-refractivity contribution in [2.45, 2.75) is 13.8 Å². The van der Waals surface area contributed by atoms with Crippen molar-refractivity contribution in [2.75, 3.05) is 24.4 Å². The molecule has 7 nitrogen and oxygen atoms in total. The maximum absolute atomic E-state index is 13.9. The van der Waals surface area contributed by atoms with Gasteiger partial charge in [-0.05, 0) is 43.0 Å². The second-order valence-electron chi connectivity index (χ2n) is 5.11. The standard InChI is InChI=1S/C17H17FN2O5S/c1-4-25-16(22)13-9(2)8-26-14(13)20-17(23)19-12-7-10(15(21)24-3)5-6-11(12)18/h5-8H,4H2,1-3H3,(H2,19,20,23). The minimum Gasteiger partial charge on any atom is -0.465 e. The van der Waals surface area contributed by atoms with E-state index in [-0.39, 0.29) is 28.4 Å². The predicted octanol–water partition coefficient (Wildman–Crippen LogP) is 3.80. The summed E-state index contributed by atoms with van der Waals surface area (Å²) in [6.45, 7) is 3.59. The lowest BCUT2D eigenvalue weighted by atomic mass is 10.2. The van der Waals surface area contributed by atoms with Crippen LogP contribution >= 0.6 is 11.3 Å². The van der Waals surface area contributed by atoms with Gasteiger partial charge < -0.3 is 14.8 Å². The SMILES string of the molecule is CCOC(=O)c1c(C)csc1NC(=O)Nc1cc(C(=O)OC)ccc1F. The first-order chi connectivity index (χ1) is 12.4. The zero-order valence-electron chi connectivity index (χ0n) is 14.3. The highest BCUT2D eigenvalue weighted by Crippen LogP contribution is 2.29. The fourth-order valence-corrected chi connectivity index (χ4v) is 3.04. The average molecular weight is 380 g/mol. The number of esters is 2. The van der Waals surface area contributed by atoms with Crippen LogP contribution in [0.15, 0.2) is 23.6 Å². The van der Waals surface area contributed by atoms with Crippen molar-refractivity contribution in [3.8, 4) is 0 Å². The van der Waals surface area contributed by atoms with Crippen LogP contribution in [0.25, 0.3) is 0 Å². The molecule has 2 N–H and O–H groups in total. The lowest BCUT2D eigenvalue weighted by molar-refractivity contribution is 0.0526. The number of benzene rings is 1. The third-order valence-corrected chi connectivity index (χ3v) is 4.33. The summed E-state index contributed by atoms with van der Waals surface area (Å²) >= 11 is 1.14. The maximum atomic E-state index is 13.9. The molecule has 2 aromatic rings. The normalized spacial score (nSPS) is 10.2. The number of aryl methyl sites for hydroxylation is 1. The highest BCUT2D eigenvalue weighted by Gasteiger charge is 2.20. The molecule has 0 unspecified atom stereocenters. The van der Waals surface area contributed by atoms with E-state index < -0.39 is 23.8 Å². The Bertz CT molecular complexity index is 850. The number of urea groups is 1. The van der Waals surface area contributed by atoms with Gasteiger partial charge >= 0.3 is 18.0 Å². The lowest BCUT2D eigenvalue weighted by Gasteiger charge is -2.10. The van der Waals surface area contributed by atoms with Crippen molar-refractivity contribution in [3.63, 3.8) is 0 Å². The van der Waals surface area contributed by atoms with Crippen molar-refractivity contribution >= 4 is 40.0 Å². The van der Waals surface area contributed by atoms with Crippen LogP contribution in [0.1, 0.15) is 33.2 Å². The summed E-state index contributed by atoms with van der Waals surface area (Å²) in [5, 5.41) is 6.78. The van der Waals surface area contributed by atoms with Crippen LogP contribution in [0.2, 0.25) is 0 Å². The molecule has 1 aromatic carbocycles. The largest absolute Gasteiger partial charge is 0.465 e. The van der Waals surface area contributed by atoms with Gasteiger partial charge in [-0.2, -0.15) is 0 Å². The van der Waals surface area contributed by atoms with Crippen LogP contribution in [0.4, 0.5) is 19.9 Å². The van der Waals surface area contributed by atoms with E-state index in [1.807, 2.05) is 0 Å². The Morgan fingerprint density at radius 3 is 2.58 bits per heavy atom. The highest BCUT2D eigenvalue weighted by molar-refractivity contribution is 7.15. The summed E-state index contributed by atoms with van der Waals surface area (Å²) in [6, 6.07) is 2.68. The first-order valence-corrected chi connectivity index (χ1v) is 8.46. The van der Waals surface area contributed by atoms with E-state index in [0.717, 1.165) is 23.5 Å². The highest BCUT2D eigenvalue weighted by atomic mass is 32.1. The summed E-state index contributed by atoms with van der Waals surface area (Å²) in [6.07, 6.45) is 0. The summed E-state index contributed by atoms with van der Waals surface area (Å²) in [5.74, 6) is -1.94. The Labute approximate surface area is 153 Å². The van der Waals surface area contributed by atoms with E-state index in [4.69, 9.17) is 4.74 Å². The fraction of sp³-hybridized carbons (Fsp3) is 0.235. The van der Waals surface area contributed by atoms with Crippen LogP contribution < -0.4 is 10.6 Å². The van der Waals surface area contributed by atoms with Gasteiger partial charge in [-0.1, -0.05) is 0 Å². The number of nitrogens with one attached hydrogen (secondary N) is 2. The molecule has 0 fully saturated rings. The van der Waals surface area contributed by atoms with E-state index in [9.17, 15) is 18.8 Å². The van der Waals surface area contributed by atoms with Crippen molar-refractivity contribution in [1.82, 2.24) is 0 Å². The van der Waals surface area contributed by atoms with Crippen molar-refractivity contribution in [2.24, 2.45) is 0 Å². The van der Waals surface area contributed by atoms with Gasteiger partial charge in [0, 0.05) is 0 Å². The van der Waals surface area contributed by atoms with Gasteiger partial charge in [0.2, 0.25) is 0 Å². The number of carbonyl (C=O) groups excluding carboxylic acids is 3. The molecule has 9 heteroatoms. The third-order valence-electron chi connectivity index (χ3n) is 3.32. The lowest BCUT2D eigenvalue weighted by Crippen LogP contribution is -2.21.